The molecule has 0 bridgehead atoms. The van der Waals surface area contributed by atoms with E-state index in [9.17, 15) is 9.59 Å². The number of halogens is 1. The van der Waals surface area contributed by atoms with E-state index in [-0.39, 0.29) is 24.5 Å². The molecule has 0 fully saturated rings. The first-order chi connectivity index (χ1) is 18.5. The summed E-state index contributed by atoms with van der Waals surface area (Å²) in [5, 5.41) is 5.42. The Bertz CT molecular complexity index is 1240. The van der Waals surface area contributed by atoms with Gasteiger partial charge in [-0.1, -0.05) is 23.7 Å². The highest BCUT2D eigenvalue weighted by Gasteiger charge is 2.33. The first-order valence-electron chi connectivity index (χ1n) is 12.4. The molecular formula is C28H32ClN3O5S. The van der Waals surface area contributed by atoms with Crippen LogP contribution >= 0.6 is 22.9 Å². The van der Waals surface area contributed by atoms with Gasteiger partial charge in [0.2, 0.25) is 5.91 Å². The molecule has 1 aliphatic heterocycles. The number of benzene rings is 2. The van der Waals surface area contributed by atoms with E-state index in [2.05, 4.69) is 11.4 Å². The number of carbonyl (C=O) groups is 2. The summed E-state index contributed by atoms with van der Waals surface area (Å²) in [6.07, 6.45) is 1.37. The highest BCUT2D eigenvalue weighted by atomic mass is 35.5. The molecular weight excluding hydrogens is 526 g/mol. The van der Waals surface area contributed by atoms with Gasteiger partial charge in [0, 0.05) is 48.5 Å². The van der Waals surface area contributed by atoms with Crippen LogP contribution in [-0.4, -0.2) is 68.8 Å². The van der Waals surface area contributed by atoms with E-state index in [0.29, 0.717) is 54.9 Å². The molecule has 3 amide bonds. The molecule has 38 heavy (non-hydrogen) atoms. The van der Waals surface area contributed by atoms with Crippen LogP contribution in [0.15, 0.2) is 60.0 Å². The molecule has 2 heterocycles. The standard InChI is InChI=1S/C28H32ClN3O5S/c1-35-14-5-12-31(28(34)30-21-7-3-6-20(29)16-21)18-27(33)32-13-10-26-24(11-15-38-26)25(32)19-37-23-9-4-8-22(17-23)36-2/h3-4,6-9,11,15-17,25H,5,10,12-14,18-19H2,1-2H3,(H,30,34)/t25-/m1/s1. The van der Waals surface area contributed by atoms with Crippen LogP contribution < -0.4 is 14.8 Å². The van der Waals surface area contributed by atoms with E-state index in [1.54, 1.807) is 49.8 Å². The third-order valence-corrected chi connectivity index (χ3v) is 7.56. The summed E-state index contributed by atoms with van der Waals surface area (Å²) in [5.41, 5.74) is 1.66. The molecule has 2 aromatic carbocycles. The predicted molar refractivity (Wildman–Crippen MR) is 150 cm³/mol. The molecule has 0 radical (unpaired) electrons. The van der Waals surface area contributed by atoms with E-state index in [1.807, 2.05) is 34.5 Å². The summed E-state index contributed by atoms with van der Waals surface area (Å²) in [6.45, 7) is 1.63. The molecule has 8 nitrogen and oxygen atoms in total. The molecule has 1 N–H and O–H groups in total. The Hall–Kier alpha value is -3.27. The Balaban J connectivity index is 1.49. The fraction of sp³-hybridized carbons (Fsp3) is 0.357. The second-order valence-corrected chi connectivity index (χ2v) is 10.3. The fourth-order valence-corrected chi connectivity index (χ4v) is 5.53. The molecule has 3 aromatic rings. The average Bonchev–Trinajstić information content (AvgIpc) is 3.40. The number of ether oxygens (including phenoxy) is 3. The van der Waals surface area contributed by atoms with E-state index < -0.39 is 0 Å². The SMILES string of the molecule is COCCCN(CC(=O)N1CCc2sccc2[C@H]1COc1cccc(OC)c1)C(=O)Nc1cccc(Cl)c1. The predicted octanol–water partition coefficient (Wildman–Crippen LogP) is 5.49. The number of nitrogens with zero attached hydrogens (tertiary/aromatic N) is 2. The van der Waals surface area contributed by atoms with Crippen molar-refractivity contribution in [2.24, 2.45) is 0 Å². The lowest BCUT2D eigenvalue weighted by atomic mass is 10.0. The number of hydrogen-bond donors (Lipinski definition) is 1. The van der Waals surface area contributed by atoms with Crippen LogP contribution in [0.5, 0.6) is 11.5 Å². The van der Waals surface area contributed by atoms with Gasteiger partial charge in [0.25, 0.3) is 0 Å². The van der Waals surface area contributed by atoms with Gasteiger partial charge in [-0.3, -0.25) is 4.79 Å². The number of anilines is 1. The maximum absolute atomic E-state index is 13.7. The number of methoxy groups -OCH3 is 2. The lowest BCUT2D eigenvalue weighted by Gasteiger charge is -2.37. The maximum Gasteiger partial charge on any atom is 0.322 e. The van der Waals surface area contributed by atoms with Crippen molar-refractivity contribution in [1.82, 2.24) is 9.80 Å². The van der Waals surface area contributed by atoms with Crippen molar-refractivity contribution in [2.45, 2.75) is 18.9 Å². The van der Waals surface area contributed by atoms with Crippen molar-refractivity contribution in [3.8, 4) is 11.5 Å². The summed E-state index contributed by atoms with van der Waals surface area (Å²) in [5.74, 6) is 1.23. The second-order valence-electron chi connectivity index (χ2n) is 8.85. The first kappa shape index (κ1) is 27.8. The Labute approximate surface area is 232 Å². The topological polar surface area (TPSA) is 80.3 Å². The van der Waals surface area contributed by atoms with Crippen LogP contribution in [0.4, 0.5) is 10.5 Å². The summed E-state index contributed by atoms with van der Waals surface area (Å²) in [7, 11) is 3.22. The van der Waals surface area contributed by atoms with E-state index in [1.165, 1.54) is 9.78 Å². The number of fused-ring (bicyclic) bond motifs is 1. The minimum absolute atomic E-state index is 0.0642. The highest BCUT2D eigenvalue weighted by molar-refractivity contribution is 7.10. The number of amides is 3. The quantitative estimate of drug-likeness (QED) is 0.316. The van der Waals surface area contributed by atoms with Gasteiger partial charge in [0.15, 0.2) is 0 Å². The van der Waals surface area contributed by atoms with Gasteiger partial charge in [-0.2, -0.15) is 0 Å². The number of nitrogens with one attached hydrogen (secondary N) is 1. The average molecular weight is 558 g/mol. The molecule has 0 unspecified atom stereocenters. The van der Waals surface area contributed by atoms with Crippen molar-refractivity contribution < 1.29 is 23.8 Å². The first-order valence-corrected chi connectivity index (χ1v) is 13.7. The lowest BCUT2D eigenvalue weighted by Crippen LogP contribution is -2.49. The van der Waals surface area contributed by atoms with Crippen molar-refractivity contribution in [2.75, 3.05) is 52.4 Å². The second kappa shape index (κ2) is 13.5. The molecule has 1 aliphatic rings. The number of rotatable bonds is 11. The van der Waals surface area contributed by atoms with Crippen molar-refractivity contribution in [3.05, 3.63) is 75.4 Å². The van der Waals surface area contributed by atoms with E-state index in [0.717, 1.165) is 12.0 Å². The van der Waals surface area contributed by atoms with Gasteiger partial charge in [-0.15, -0.1) is 11.3 Å². The van der Waals surface area contributed by atoms with Crippen LogP contribution in [0, 0.1) is 0 Å². The zero-order valence-electron chi connectivity index (χ0n) is 21.5. The van der Waals surface area contributed by atoms with Crippen molar-refractivity contribution >= 4 is 40.6 Å². The molecule has 1 aromatic heterocycles. The van der Waals surface area contributed by atoms with Crippen LogP contribution in [0.1, 0.15) is 22.9 Å². The molecule has 0 saturated heterocycles. The molecule has 0 aliphatic carbocycles. The highest BCUT2D eigenvalue weighted by Crippen LogP contribution is 2.34. The molecule has 10 heteroatoms. The molecule has 4 rings (SSSR count). The number of thiophene rings is 1. The number of carbonyl (C=O) groups excluding carboxylic acids is 2. The fourth-order valence-electron chi connectivity index (χ4n) is 4.42. The van der Waals surface area contributed by atoms with Crippen molar-refractivity contribution in [1.29, 1.82) is 0 Å². The third kappa shape index (κ3) is 7.18. The maximum atomic E-state index is 13.7. The summed E-state index contributed by atoms with van der Waals surface area (Å²) >= 11 is 7.77. The monoisotopic (exact) mass is 557 g/mol. The Morgan fingerprint density at radius 3 is 2.74 bits per heavy atom. The zero-order chi connectivity index (χ0) is 26.9. The minimum Gasteiger partial charge on any atom is -0.497 e. The number of hydrogen-bond acceptors (Lipinski definition) is 6. The Morgan fingerprint density at radius 1 is 1.13 bits per heavy atom. The Kier molecular flexibility index (Phi) is 9.86. The van der Waals surface area contributed by atoms with E-state index in [4.69, 9.17) is 25.8 Å². The molecule has 0 saturated carbocycles. The van der Waals surface area contributed by atoms with Crippen LogP contribution in [0.25, 0.3) is 0 Å². The van der Waals surface area contributed by atoms with E-state index >= 15 is 0 Å². The summed E-state index contributed by atoms with van der Waals surface area (Å²) in [6, 6.07) is 15.8. The largest absolute Gasteiger partial charge is 0.497 e. The minimum atomic E-state index is -0.367. The van der Waals surface area contributed by atoms with Gasteiger partial charge in [-0.05, 0) is 60.2 Å². The zero-order valence-corrected chi connectivity index (χ0v) is 23.1. The molecule has 1 atom stereocenters. The number of urea groups is 1. The summed E-state index contributed by atoms with van der Waals surface area (Å²) < 4.78 is 16.6. The normalized spacial score (nSPS) is 14.5. The smallest absolute Gasteiger partial charge is 0.322 e. The molecule has 0 spiro atoms. The molecule has 202 valence electrons. The van der Waals surface area contributed by atoms with Gasteiger partial charge in [-0.25, -0.2) is 4.79 Å². The summed E-state index contributed by atoms with van der Waals surface area (Å²) in [4.78, 5) is 31.5. The lowest BCUT2D eigenvalue weighted by molar-refractivity contribution is -0.135. The van der Waals surface area contributed by atoms with Gasteiger partial charge >= 0.3 is 6.03 Å². The van der Waals surface area contributed by atoms with Crippen LogP contribution in [0.2, 0.25) is 5.02 Å². The van der Waals surface area contributed by atoms with Crippen molar-refractivity contribution in [3.63, 3.8) is 0 Å². The third-order valence-electron chi connectivity index (χ3n) is 6.33. The van der Waals surface area contributed by atoms with Gasteiger partial charge in [0.05, 0.1) is 13.2 Å². The van der Waals surface area contributed by atoms with Crippen LogP contribution in [0.3, 0.4) is 0 Å². The van der Waals surface area contributed by atoms with Gasteiger partial charge < -0.3 is 29.3 Å². The van der Waals surface area contributed by atoms with Gasteiger partial charge in [0.1, 0.15) is 24.7 Å². The Morgan fingerprint density at radius 2 is 1.95 bits per heavy atom. The van der Waals surface area contributed by atoms with Crippen LogP contribution in [-0.2, 0) is 16.0 Å².